The summed E-state index contributed by atoms with van der Waals surface area (Å²) in [7, 11) is -2.23. The summed E-state index contributed by atoms with van der Waals surface area (Å²) in [6.07, 6.45) is 3.45. The molecule has 1 saturated heterocycles. The SMILES string of the molecule is O=C1OCOC(=O)c2ccccc2[Si]2(CCCCC2)c2ccccc21. The lowest BCUT2D eigenvalue weighted by Crippen LogP contribution is -2.62. The number of hydrogen-bond donors (Lipinski definition) is 0. The first-order valence-electron chi connectivity index (χ1n) is 8.76. The highest BCUT2D eigenvalue weighted by Crippen LogP contribution is 2.30. The molecule has 2 aromatic carbocycles. The van der Waals surface area contributed by atoms with E-state index in [1.165, 1.54) is 6.42 Å². The molecule has 4 rings (SSSR count). The highest BCUT2D eigenvalue weighted by molar-refractivity contribution is 7.03. The monoisotopic (exact) mass is 352 g/mol. The van der Waals surface area contributed by atoms with Gasteiger partial charge in [0.1, 0.15) is 8.07 Å². The van der Waals surface area contributed by atoms with Gasteiger partial charge in [-0.3, -0.25) is 0 Å². The summed E-state index contributed by atoms with van der Waals surface area (Å²) in [5, 5.41) is 2.20. The molecule has 0 amide bonds. The molecule has 0 unspecified atom stereocenters. The first kappa shape index (κ1) is 16.1. The minimum absolute atomic E-state index is 0.352. The number of carbonyl (C=O) groups is 2. The molecular formula is C20H20O4Si. The normalized spacial score (nSPS) is 19.4. The number of cyclic esters (lactones) is 2. The largest absolute Gasteiger partial charge is 0.424 e. The van der Waals surface area contributed by atoms with E-state index in [0.717, 1.165) is 35.3 Å². The number of ether oxygens (including phenoxy) is 2. The Hall–Kier alpha value is -2.40. The van der Waals surface area contributed by atoms with Crippen molar-refractivity contribution in [3.63, 3.8) is 0 Å². The molecule has 2 aliphatic heterocycles. The van der Waals surface area contributed by atoms with Crippen LogP contribution in [-0.2, 0) is 9.47 Å². The molecule has 0 radical (unpaired) electrons. The third kappa shape index (κ3) is 2.68. The Morgan fingerprint density at radius 2 is 1.16 bits per heavy atom. The number of esters is 2. The molecule has 0 bridgehead atoms. The van der Waals surface area contributed by atoms with Crippen LogP contribution in [0, 0.1) is 0 Å². The van der Waals surface area contributed by atoms with Crippen LogP contribution in [0.1, 0.15) is 40.0 Å². The van der Waals surface area contributed by atoms with Gasteiger partial charge in [-0.15, -0.1) is 0 Å². The van der Waals surface area contributed by atoms with Crippen molar-refractivity contribution in [2.45, 2.75) is 31.4 Å². The van der Waals surface area contributed by atoms with Crippen LogP contribution in [0.15, 0.2) is 48.5 Å². The number of benzene rings is 2. The van der Waals surface area contributed by atoms with E-state index < -0.39 is 20.0 Å². The Balaban J connectivity index is 2.02. The van der Waals surface area contributed by atoms with Crippen molar-refractivity contribution in [3.8, 4) is 0 Å². The van der Waals surface area contributed by atoms with Gasteiger partial charge in [-0.2, -0.15) is 0 Å². The van der Waals surface area contributed by atoms with Gasteiger partial charge < -0.3 is 9.47 Å². The third-order valence-corrected chi connectivity index (χ3v) is 10.8. The molecule has 4 nitrogen and oxygen atoms in total. The van der Waals surface area contributed by atoms with E-state index in [4.69, 9.17) is 9.47 Å². The van der Waals surface area contributed by atoms with Crippen molar-refractivity contribution in [1.82, 2.24) is 0 Å². The number of hydrogen-bond acceptors (Lipinski definition) is 4. The summed E-state index contributed by atoms with van der Waals surface area (Å²) >= 11 is 0. The number of carbonyl (C=O) groups excluding carboxylic acids is 2. The van der Waals surface area contributed by atoms with E-state index in [1.807, 2.05) is 36.4 Å². The van der Waals surface area contributed by atoms with E-state index in [9.17, 15) is 9.59 Å². The van der Waals surface area contributed by atoms with Crippen molar-refractivity contribution in [2.24, 2.45) is 0 Å². The fraction of sp³-hybridized carbons (Fsp3) is 0.300. The van der Waals surface area contributed by atoms with Crippen LogP contribution in [-0.4, -0.2) is 26.8 Å². The van der Waals surface area contributed by atoms with E-state index in [1.54, 1.807) is 0 Å². The molecule has 2 aliphatic rings. The van der Waals surface area contributed by atoms with Crippen molar-refractivity contribution >= 4 is 30.4 Å². The lowest BCUT2D eigenvalue weighted by Gasteiger charge is -2.38. The fourth-order valence-corrected chi connectivity index (χ4v) is 9.85. The molecule has 0 N–H and O–H groups in total. The number of rotatable bonds is 0. The topological polar surface area (TPSA) is 52.6 Å². The molecule has 0 saturated carbocycles. The Kier molecular flexibility index (Phi) is 4.17. The maximum atomic E-state index is 12.6. The van der Waals surface area contributed by atoms with Crippen LogP contribution in [0.25, 0.3) is 0 Å². The Morgan fingerprint density at radius 1 is 0.680 bits per heavy atom. The lowest BCUT2D eigenvalue weighted by atomic mass is 10.2. The van der Waals surface area contributed by atoms with Gasteiger partial charge in [0.2, 0.25) is 6.79 Å². The zero-order valence-corrected chi connectivity index (χ0v) is 15.0. The van der Waals surface area contributed by atoms with Gasteiger partial charge in [-0.05, 0) is 34.6 Å². The zero-order chi connectivity index (χ0) is 17.3. The lowest BCUT2D eigenvalue weighted by molar-refractivity contribution is -0.0166. The minimum Gasteiger partial charge on any atom is -0.424 e. The first-order chi connectivity index (χ1) is 12.2. The van der Waals surface area contributed by atoms with Crippen molar-refractivity contribution in [1.29, 1.82) is 0 Å². The molecule has 0 atom stereocenters. The van der Waals surface area contributed by atoms with Crippen LogP contribution in [0.3, 0.4) is 0 Å². The molecule has 25 heavy (non-hydrogen) atoms. The second kappa shape index (κ2) is 6.48. The zero-order valence-electron chi connectivity index (χ0n) is 14.0. The highest BCUT2D eigenvalue weighted by atomic mass is 28.3. The molecule has 1 fully saturated rings. The second-order valence-corrected chi connectivity index (χ2v) is 11.0. The maximum Gasteiger partial charge on any atom is 0.340 e. The molecule has 1 spiro atoms. The summed E-state index contributed by atoms with van der Waals surface area (Å²) in [5.74, 6) is -0.805. The van der Waals surface area contributed by atoms with E-state index in [0.29, 0.717) is 11.1 Å². The van der Waals surface area contributed by atoms with Crippen LogP contribution in [0.2, 0.25) is 12.1 Å². The molecule has 2 heterocycles. The highest BCUT2D eigenvalue weighted by Gasteiger charge is 2.43. The van der Waals surface area contributed by atoms with Gasteiger partial charge >= 0.3 is 11.9 Å². The maximum absolute atomic E-state index is 12.6. The van der Waals surface area contributed by atoms with Gasteiger partial charge in [0.25, 0.3) is 0 Å². The summed E-state index contributed by atoms with van der Waals surface area (Å²) in [6.45, 7) is -0.352. The third-order valence-electron chi connectivity index (χ3n) is 5.41. The van der Waals surface area contributed by atoms with E-state index in [2.05, 4.69) is 12.1 Å². The van der Waals surface area contributed by atoms with E-state index in [-0.39, 0.29) is 6.79 Å². The van der Waals surface area contributed by atoms with E-state index >= 15 is 0 Å². The second-order valence-electron chi connectivity index (χ2n) is 6.72. The molecule has 128 valence electrons. The van der Waals surface area contributed by atoms with Crippen molar-refractivity contribution in [3.05, 3.63) is 59.7 Å². The predicted molar refractivity (Wildman–Crippen MR) is 97.1 cm³/mol. The van der Waals surface area contributed by atoms with Crippen LogP contribution in [0.4, 0.5) is 0 Å². The number of fused-ring (bicyclic) bond motifs is 4. The van der Waals surface area contributed by atoms with Crippen LogP contribution < -0.4 is 10.4 Å². The average Bonchev–Trinajstić information content (AvgIpc) is 2.68. The fourth-order valence-electron chi connectivity index (χ4n) is 4.29. The van der Waals surface area contributed by atoms with Gasteiger partial charge in [-0.1, -0.05) is 55.7 Å². The van der Waals surface area contributed by atoms with Crippen LogP contribution >= 0.6 is 0 Å². The van der Waals surface area contributed by atoms with Crippen molar-refractivity contribution < 1.29 is 19.1 Å². The summed E-state index contributed by atoms with van der Waals surface area (Å²) in [4.78, 5) is 25.2. The average molecular weight is 352 g/mol. The minimum atomic E-state index is -2.23. The van der Waals surface area contributed by atoms with Gasteiger partial charge in [0.15, 0.2) is 0 Å². The summed E-state index contributed by atoms with van der Waals surface area (Å²) < 4.78 is 10.4. The molecular weight excluding hydrogens is 332 g/mol. The van der Waals surface area contributed by atoms with Gasteiger partial charge in [0.05, 0.1) is 11.1 Å². The predicted octanol–water partition coefficient (Wildman–Crippen LogP) is 2.72. The Bertz CT molecular complexity index is 762. The summed E-state index contributed by atoms with van der Waals surface area (Å²) in [5.41, 5.74) is 1.26. The first-order valence-corrected chi connectivity index (χ1v) is 11.2. The molecule has 0 aromatic heterocycles. The molecule has 2 aromatic rings. The van der Waals surface area contributed by atoms with Crippen molar-refractivity contribution in [2.75, 3.05) is 6.79 Å². The molecule has 5 heteroatoms. The smallest absolute Gasteiger partial charge is 0.340 e. The van der Waals surface area contributed by atoms with Crippen LogP contribution in [0.5, 0.6) is 0 Å². The Morgan fingerprint density at radius 3 is 1.68 bits per heavy atom. The quantitative estimate of drug-likeness (QED) is 0.540. The van der Waals surface area contributed by atoms with Gasteiger partial charge in [0, 0.05) is 0 Å². The standard InChI is InChI=1S/C20H20O4Si/c21-19-15-8-2-4-10-17(15)25(12-6-1-7-13-25)18-11-5-3-9-16(18)20(22)24-14-23-19/h2-5,8-11H,1,6-7,12-14H2. The Labute approximate surface area is 147 Å². The van der Waals surface area contributed by atoms with Gasteiger partial charge in [-0.25, -0.2) is 9.59 Å². The summed E-state index contributed by atoms with van der Waals surface area (Å²) in [6, 6.07) is 17.6. The molecule has 0 aliphatic carbocycles.